The van der Waals surface area contributed by atoms with Gasteiger partial charge in [-0.15, -0.1) is 0 Å². The van der Waals surface area contributed by atoms with E-state index in [4.69, 9.17) is 5.84 Å². The van der Waals surface area contributed by atoms with Crippen LogP contribution in [0.1, 0.15) is 0 Å². The van der Waals surface area contributed by atoms with Crippen molar-refractivity contribution in [2.75, 3.05) is 18.3 Å². The average Bonchev–Trinajstić information content (AvgIpc) is 2.34. The molecule has 0 fully saturated rings. The van der Waals surface area contributed by atoms with Crippen LogP contribution in [0.5, 0.6) is 0 Å². The summed E-state index contributed by atoms with van der Waals surface area (Å²) >= 11 is 2.81. The van der Waals surface area contributed by atoms with Crippen LogP contribution in [0.25, 0.3) is 0 Å². The summed E-state index contributed by atoms with van der Waals surface area (Å²) in [5, 5.41) is 2.97. The van der Waals surface area contributed by atoms with Gasteiger partial charge in [0.05, 0.1) is 0 Å². The first-order valence-corrected chi connectivity index (χ1v) is 4.60. The molecule has 6 heteroatoms. The molecule has 10 heavy (non-hydrogen) atoms. The molecular weight excluding hydrogens is 168 g/mol. The first kappa shape index (κ1) is 7.77. The minimum atomic E-state index is 0.740. The maximum absolute atomic E-state index is 5.41. The Morgan fingerprint density at radius 1 is 1.70 bits per heavy atom. The number of anilines is 1. The summed E-state index contributed by atoms with van der Waals surface area (Å²) in [5.74, 6) is 5.41. The highest BCUT2D eigenvalue weighted by molar-refractivity contribution is 7.98. The predicted octanol–water partition coefficient (Wildman–Crippen LogP) is 0.570. The van der Waals surface area contributed by atoms with Crippen LogP contribution in [0.3, 0.4) is 0 Å². The molecule has 2 N–H and O–H groups in total. The third-order valence-electron chi connectivity index (χ3n) is 0.881. The van der Waals surface area contributed by atoms with Crippen molar-refractivity contribution < 1.29 is 0 Å². The summed E-state index contributed by atoms with van der Waals surface area (Å²) < 4.78 is 4.03. The van der Waals surface area contributed by atoms with Crippen molar-refractivity contribution in [1.82, 2.24) is 9.36 Å². The molecule has 0 saturated heterocycles. The van der Waals surface area contributed by atoms with Crippen molar-refractivity contribution in [1.29, 1.82) is 0 Å². The van der Waals surface area contributed by atoms with Gasteiger partial charge in [-0.3, -0.25) is 5.01 Å². The van der Waals surface area contributed by atoms with Crippen LogP contribution in [0, 0.1) is 0 Å². The number of hydrogen-bond acceptors (Lipinski definition) is 6. The first-order chi connectivity index (χ1) is 4.74. The van der Waals surface area contributed by atoms with Crippen LogP contribution < -0.4 is 10.9 Å². The number of rotatable bonds is 2. The van der Waals surface area contributed by atoms with Crippen LogP contribution in [-0.4, -0.2) is 22.7 Å². The van der Waals surface area contributed by atoms with E-state index in [1.165, 1.54) is 28.3 Å². The van der Waals surface area contributed by atoms with E-state index in [-0.39, 0.29) is 0 Å². The van der Waals surface area contributed by atoms with Gasteiger partial charge in [-0.05, 0) is 6.26 Å². The van der Waals surface area contributed by atoms with E-state index < -0.39 is 0 Å². The van der Waals surface area contributed by atoms with Gasteiger partial charge in [0.2, 0.25) is 10.3 Å². The Labute approximate surface area is 67.6 Å². The summed E-state index contributed by atoms with van der Waals surface area (Å²) in [4.78, 5) is 4.10. The molecule has 56 valence electrons. The van der Waals surface area contributed by atoms with Gasteiger partial charge < -0.3 is 0 Å². The Balaban J connectivity index is 2.78. The standard InChI is InChI=1S/C4H8N4S2/c1-8(5)4-6-3(9-2)7-10-4/h5H2,1-2H3. The largest absolute Gasteiger partial charge is 0.288 e. The Hall–Kier alpha value is -0.330. The van der Waals surface area contributed by atoms with Gasteiger partial charge >= 0.3 is 0 Å². The average molecular weight is 176 g/mol. The number of hydrazine groups is 1. The fraction of sp³-hybridized carbons (Fsp3) is 0.500. The quantitative estimate of drug-likeness (QED) is 0.405. The summed E-state index contributed by atoms with van der Waals surface area (Å²) in [7, 11) is 1.74. The van der Waals surface area contributed by atoms with Crippen LogP contribution in [0.2, 0.25) is 0 Å². The molecule has 1 rings (SSSR count). The number of nitrogens with two attached hydrogens (primary N) is 1. The van der Waals surface area contributed by atoms with E-state index in [2.05, 4.69) is 9.36 Å². The van der Waals surface area contributed by atoms with Gasteiger partial charge in [0.1, 0.15) is 0 Å². The van der Waals surface area contributed by atoms with Crippen molar-refractivity contribution >= 4 is 28.4 Å². The highest BCUT2D eigenvalue weighted by Gasteiger charge is 2.02. The zero-order chi connectivity index (χ0) is 7.56. The van der Waals surface area contributed by atoms with Crippen LogP contribution in [0.15, 0.2) is 5.16 Å². The number of thioether (sulfide) groups is 1. The monoisotopic (exact) mass is 176 g/mol. The van der Waals surface area contributed by atoms with E-state index in [0.717, 1.165) is 10.3 Å². The van der Waals surface area contributed by atoms with Gasteiger partial charge in [-0.25, -0.2) is 5.84 Å². The number of nitrogens with zero attached hydrogens (tertiary/aromatic N) is 3. The highest BCUT2D eigenvalue weighted by atomic mass is 32.2. The predicted molar refractivity (Wildman–Crippen MR) is 44.3 cm³/mol. The van der Waals surface area contributed by atoms with Crippen LogP contribution >= 0.6 is 23.3 Å². The lowest BCUT2D eigenvalue weighted by Crippen LogP contribution is -2.24. The van der Waals surface area contributed by atoms with E-state index in [1.807, 2.05) is 6.26 Å². The molecule has 0 amide bonds. The summed E-state index contributed by atoms with van der Waals surface area (Å²) in [6.45, 7) is 0. The first-order valence-electron chi connectivity index (χ1n) is 2.60. The Morgan fingerprint density at radius 3 is 2.70 bits per heavy atom. The minimum absolute atomic E-state index is 0.740. The smallest absolute Gasteiger partial charge is 0.219 e. The molecule has 0 aromatic carbocycles. The highest BCUT2D eigenvalue weighted by Crippen LogP contribution is 2.18. The second-order valence-corrected chi connectivity index (χ2v) is 3.18. The zero-order valence-electron chi connectivity index (χ0n) is 5.74. The van der Waals surface area contributed by atoms with E-state index in [9.17, 15) is 0 Å². The van der Waals surface area contributed by atoms with Crippen molar-refractivity contribution in [2.45, 2.75) is 5.16 Å². The molecule has 0 bridgehead atoms. The SMILES string of the molecule is CSc1nsc(N(C)N)n1. The molecule has 0 aliphatic carbocycles. The van der Waals surface area contributed by atoms with E-state index in [0.29, 0.717) is 0 Å². The minimum Gasteiger partial charge on any atom is -0.288 e. The van der Waals surface area contributed by atoms with Gasteiger partial charge in [-0.2, -0.15) is 9.36 Å². The molecule has 0 spiro atoms. The topological polar surface area (TPSA) is 55.0 Å². The fourth-order valence-electron chi connectivity index (χ4n) is 0.429. The number of hydrogen-bond donors (Lipinski definition) is 1. The molecule has 0 saturated carbocycles. The maximum Gasteiger partial charge on any atom is 0.219 e. The summed E-state index contributed by atoms with van der Waals surface area (Å²) in [6, 6.07) is 0. The maximum atomic E-state index is 5.41. The lowest BCUT2D eigenvalue weighted by atomic mass is 11.0. The molecule has 0 atom stereocenters. The summed E-state index contributed by atoms with van der Waals surface area (Å²) in [5.41, 5.74) is 0. The summed E-state index contributed by atoms with van der Waals surface area (Å²) in [6.07, 6.45) is 1.93. The normalized spacial score (nSPS) is 9.90. The molecule has 0 aliphatic heterocycles. The third-order valence-corrected chi connectivity index (χ3v) is 2.35. The van der Waals surface area contributed by atoms with Crippen LogP contribution in [0.4, 0.5) is 5.13 Å². The van der Waals surface area contributed by atoms with Crippen molar-refractivity contribution in [2.24, 2.45) is 5.84 Å². The molecule has 4 nitrogen and oxygen atoms in total. The van der Waals surface area contributed by atoms with Gasteiger partial charge in [0.25, 0.3) is 0 Å². The molecule has 1 aromatic heterocycles. The molecule has 0 aliphatic rings. The van der Waals surface area contributed by atoms with Crippen LogP contribution in [-0.2, 0) is 0 Å². The Kier molecular flexibility index (Phi) is 2.47. The van der Waals surface area contributed by atoms with Crippen molar-refractivity contribution in [3.8, 4) is 0 Å². The van der Waals surface area contributed by atoms with Crippen molar-refractivity contribution in [3.05, 3.63) is 0 Å². The van der Waals surface area contributed by atoms with E-state index in [1.54, 1.807) is 7.05 Å². The molecule has 0 radical (unpaired) electrons. The molecule has 1 aromatic rings. The van der Waals surface area contributed by atoms with Gasteiger partial charge in [0.15, 0.2) is 0 Å². The Bertz CT molecular complexity index is 209. The second-order valence-electron chi connectivity index (χ2n) is 1.67. The van der Waals surface area contributed by atoms with Crippen molar-refractivity contribution in [3.63, 3.8) is 0 Å². The molecule has 0 unspecified atom stereocenters. The van der Waals surface area contributed by atoms with Gasteiger partial charge in [-0.1, -0.05) is 11.8 Å². The lowest BCUT2D eigenvalue weighted by Gasteiger charge is -2.03. The van der Waals surface area contributed by atoms with Gasteiger partial charge in [0, 0.05) is 18.6 Å². The third kappa shape index (κ3) is 1.59. The molecular formula is C4H8N4S2. The molecule has 1 heterocycles. The fourth-order valence-corrected chi connectivity index (χ4v) is 1.53. The number of aromatic nitrogens is 2. The zero-order valence-corrected chi connectivity index (χ0v) is 7.37. The van der Waals surface area contributed by atoms with E-state index >= 15 is 0 Å². The lowest BCUT2D eigenvalue weighted by molar-refractivity contribution is 0.968. The Morgan fingerprint density at radius 2 is 2.40 bits per heavy atom. The second kappa shape index (κ2) is 3.18.